The Labute approximate surface area is 160 Å². The summed E-state index contributed by atoms with van der Waals surface area (Å²) in [5.74, 6) is -0.548. The topological polar surface area (TPSA) is 64.9 Å². The van der Waals surface area contributed by atoms with Crippen LogP contribution < -0.4 is 14.8 Å². The van der Waals surface area contributed by atoms with Gasteiger partial charge in [0.15, 0.2) is 0 Å². The number of pyridine rings is 1. The first-order valence-electron chi connectivity index (χ1n) is 7.60. The SMILES string of the molecule is COc1ccc(OC(F)(F)F)cc1CNC(=O)c1cn2cc(Br)ccc2n1. The minimum Gasteiger partial charge on any atom is -0.496 e. The zero-order valence-corrected chi connectivity index (χ0v) is 15.5. The van der Waals surface area contributed by atoms with E-state index in [-0.39, 0.29) is 12.2 Å². The number of hydrogen-bond donors (Lipinski definition) is 1. The predicted molar refractivity (Wildman–Crippen MR) is 93.7 cm³/mol. The molecule has 142 valence electrons. The molecule has 0 saturated heterocycles. The van der Waals surface area contributed by atoms with Gasteiger partial charge in [0, 0.05) is 29.0 Å². The number of rotatable bonds is 5. The van der Waals surface area contributed by atoms with Crippen LogP contribution in [-0.4, -0.2) is 28.8 Å². The van der Waals surface area contributed by atoms with E-state index in [0.29, 0.717) is 17.0 Å². The molecule has 0 spiro atoms. The van der Waals surface area contributed by atoms with Crippen LogP contribution in [0.25, 0.3) is 5.65 Å². The molecule has 6 nitrogen and oxygen atoms in total. The summed E-state index contributed by atoms with van der Waals surface area (Å²) in [5.41, 5.74) is 1.09. The van der Waals surface area contributed by atoms with Crippen molar-refractivity contribution in [3.8, 4) is 11.5 Å². The fourth-order valence-corrected chi connectivity index (χ4v) is 2.78. The highest BCUT2D eigenvalue weighted by Gasteiger charge is 2.31. The number of nitrogens with one attached hydrogen (secondary N) is 1. The number of nitrogens with zero attached hydrogens (tertiary/aromatic N) is 2. The molecule has 10 heteroatoms. The summed E-state index contributed by atoms with van der Waals surface area (Å²) in [4.78, 5) is 16.5. The summed E-state index contributed by atoms with van der Waals surface area (Å²) < 4.78 is 48.7. The molecule has 0 bridgehead atoms. The van der Waals surface area contributed by atoms with Crippen LogP contribution in [0.2, 0.25) is 0 Å². The first-order valence-corrected chi connectivity index (χ1v) is 8.39. The molecule has 2 heterocycles. The van der Waals surface area contributed by atoms with E-state index >= 15 is 0 Å². The number of alkyl halides is 3. The van der Waals surface area contributed by atoms with E-state index in [0.717, 1.165) is 16.6 Å². The number of carbonyl (C=O) groups is 1. The van der Waals surface area contributed by atoms with Gasteiger partial charge >= 0.3 is 6.36 Å². The summed E-state index contributed by atoms with van der Waals surface area (Å²) in [5, 5.41) is 2.61. The van der Waals surface area contributed by atoms with Crippen molar-refractivity contribution in [1.82, 2.24) is 14.7 Å². The second kappa shape index (κ2) is 7.47. The lowest BCUT2D eigenvalue weighted by atomic mass is 10.2. The van der Waals surface area contributed by atoms with Crippen molar-refractivity contribution in [2.45, 2.75) is 12.9 Å². The van der Waals surface area contributed by atoms with E-state index in [1.54, 1.807) is 28.9 Å². The van der Waals surface area contributed by atoms with Gasteiger partial charge in [-0.1, -0.05) is 0 Å². The second-order valence-electron chi connectivity index (χ2n) is 5.44. The summed E-state index contributed by atoms with van der Waals surface area (Å²) in [6.07, 6.45) is -1.50. The van der Waals surface area contributed by atoms with E-state index in [4.69, 9.17) is 4.74 Å². The molecule has 0 aliphatic rings. The third-order valence-electron chi connectivity index (χ3n) is 3.57. The Morgan fingerprint density at radius 3 is 2.74 bits per heavy atom. The number of aromatic nitrogens is 2. The van der Waals surface area contributed by atoms with E-state index in [1.165, 1.54) is 13.2 Å². The Morgan fingerprint density at radius 2 is 2.04 bits per heavy atom. The number of benzene rings is 1. The Balaban J connectivity index is 1.76. The molecule has 0 radical (unpaired) electrons. The molecule has 0 aliphatic carbocycles. The van der Waals surface area contributed by atoms with Gasteiger partial charge in [-0.25, -0.2) is 4.98 Å². The van der Waals surface area contributed by atoms with E-state index in [9.17, 15) is 18.0 Å². The van der Waals surface area contributed by atoms with Gasteiger partial charge in [-0.3, -0.25) is 4.79 Å². The molecular formula is C17H13BrF3N3O3. The number of carbonyl (C=O) groups excluding carboxylic acids is 1. The van der Waals surface area contributed by atoms with Gasteiger partial charge < -0.3 is 19.2 Å². The minimum absolute atomic E-state index is 0.0609. The van der Waals surface area contributed by atoms with Crippen LogP contribution in [0.5, 0.6) is 11.5 Å². The van der Waals surface area contributed by atoms with E-state index in [2.05, 4.69) is 31.0 Å². The van der Waals surface area contributed by atoms with Crippen LogP contribution in [0.3, 0.4) is 0 Å². The molecule has 1 amide bonds. The summed E-state index contributed by atoms with van der Waals surface area (Å²) in [6, 6.07) is 7.17. The standard InChI is InChI=1S/C17H13BrF3N3O3/c1-26-14-4-3-12(27-17(19,20)21)6-10(14)7-22-16(25)13-9-24-8-11(18)2-5-15(24)23-13/h2-6,8-9H,7H2,1H3,(H,22,25). The van der Waals surface area contributed by atoms with Crippen LogP contribution in [0.1, 0.15) is 16.1 Å². The fraction of sp³-hybridized carbons (Fsp3) is 0.176. The average Bonchev–Trinajstić information content (AvgIpc) is 3.01. The zero-order valence-electron chi connectivity index (χ0n) is 13.9. The van der Waals surface area contributed by atoms with Gasteiger partial charge in [0.2, 0.25) is 0 Å². The maximum atomic E-state index is 12.4. The van der Waals surface area contributed by atoms with E-state index in [1.807, 2.05) is 0 Å². The Bertz CT molecular complexity index is 988. The maximum absolute atomic E-state index is 12.4. The Kier molecular flexibility index (Phi) is 5.26. The first kappa shape index (κ1) is 19.0. The maximum Gasteiger partial charge on any atom is 0.573 e. The molecule has 1 aromatic carbocycles. The van der Waals surface area contributed by atoms with Crippen molar-refractivity contribution in [3.63, 3.8) is 0 Å². The molecule has 0 atom stereocenters. The van der Waals surface area contributed by atoms with Gasteiger partial charge in [-0.05, 0) is 46.3 Å². The van der Waals surface area contributed by atoms with Gasteiger partial charge in [0.05, 0.1) is 7.11 Å². The third-order valence-corrected chi connectivity index (χ3v) is 4.04. The molecule has 27 heavy (non-hydrogen) atoms. The quantitative estimate of drug-likeness (QED) is 0.648. The Morgan fingerprint density at radius 1 is 1.26 bits per heavy atom. The summed E-state index contributed by atoms with van der Waals surface area (Å²) in [7, 11) is 1.38. The zero-order chi connectivity index (χ0) is 19.6. The van der Waals surface area contributed by atoms with Crippen LogP contribution in [-0.2, 0) is 6.54 Å². The van der Waals surface area contributed by atoms with Crippen molar-refractivity contribution >= 4 is 27.5 Å². The van der Waals surface area contributed by atoms with Crippen molar-refractivity contribution in [2.24, 2.45) is 0 Å². The van der Waals surface area contributed by atoms with Gasteiger partial charge in [-0.2, -0.15) is 0 Å². The molecular weight excluding hydrogens is 431 g/mol. The van der Waals surface area contributed by atoms with Crippen molar-refractivity contribution in [1.29, 1.82) is 0 Å². The van der Waals surface area contributed by atoms with Crippen LogP contribution in [0, 0.1) is 0 Å². The van der Waals surface area contributed by atoms with Crippen molar-refractivity contribution in [2.75, 3.05) is 7.11 Å². The number of imidazole rings is 1. The second-order valence-corrected chi connectivity index (χ2v) is 6.36. The predicted octanol–water partition coefficient (Wildman–Crippen LogP) is 3.93. The molecule has 3 rings (SSSR count). The number of methoxy groups -OCH3 is 1. The van der Waals surface area contributed by atoms with Gasteiger partial charge in [-0.15, -0.1) is 13.2 Å². The van der Waals surface area contributed by atoms with E-state index < -0.39 is 18.0 Å². The largest absolute Gasteiger partial charge is 0.573 e. The van der Waals surface area contributed by atoms with Crippen LogP contribution in [0.15, 0.2) is 47.2 Å². The number of hydrogen-bond acceptors (Lipinski definition) is 4. The number of amides is 1. The monoisotopic (exact) mass is 443 g/mol. The third kappa shape index (κ3) is 4.70. The summed E-state index contributed by atoms with van der Waals surface area (Å²) >= 11 is 3.33. The average molecular weight is 444 g/mol. The molecule has 2 aromatic heterocycles. The minimum atomic E-state index is -4.81. The molecule has 3 aromatic rings. The summed E-state index contributed by atoms with van der Waals surface area (Å²) in [6.45, 7) is -0.0609. The normalized spacial score (nSPS) is 11.4. The smallest absolute Gasteiger partial charge is 0.496 e. The highest BCUT2D eigenvalue weighted by Crippen LogP contribution is 2.28. The highest BCUT2D eigenvalue weighted by atomic mass is 79.9. The molecule has 0 fully saturated rings. The van der Waals surface area contributed by atoms with Gasteiger partial charge in [0.25, 0.3) is 5.91 Å². The lowest BCUT2D eigenvalue weighted by molar-refractivity contribution is -0.274. The molecule has 0 unspecified atom stereocenters. The van der Waals surface area contributed by atoms with Crippen LogP contribution in [0.4, 0.5) is 13.2 Å². The Hall–Kier alpha value is -2.75. The number of ether oxygens (including phenoxy) is 2. The lowest BCUT2D eigenvalue weighted by Gasteiger charge is -2.13. The first-order chi connectivity index (χ1) is 12.7. The molecule has 0 saturated carbocycles. The number of fused-ring (bicyclic) bond motifs is 1. The lowest BCUT2D eigenvalue weighted by Crippen LogP contribution is -2.23. The number of halogens is 4. The van der Waals surface area contributed by atoms with Crippen LogP contribution >= 0.6 is 15.9 Å². The van der Waals surface area contributed by atoms with Crippen molar-refractivity contribution in [3.05, 3.63) is 58.5 Å². The molecule has 0 aliphatic heterocycles. The molecule has 1 N–H and O–H groups in total. The highest BCUT2D eigenvalue weighted by molar-refractivity contribution is 9.10. The van der Waals surface area contributed by atoms with Gasteiger partial charge in [0.1, 0.15) is 22.8 Å². The van der Waals surface area contributed by atoms with Crippen molar-refractivity contribution < 1.29 is 27.4 Å². The fourth-order valence-electron chi connectivity index (χ4n) is 2.43.